The number of rotatable bonds is 1. The van der Waals surface area contributed by atoms with Crippen LogP contribution in [0.3, 0.4) is 0 Å². The zero-order valence-electron chi connectivity index (χ0n) is 9.57. The van der Waals surface area contributed by atoms with Gasteiger partial charge in [0.25, 0.3) is 0 Å². The molecule has 0 aliphatic heterocycles. The first-order valence-electron chi connectivity index (χ1n) is 5.14. The molecule has 1 N–H and O–H groups in total. The van der Waals surface area contributed by atoms with Crippen LogP contribution in [0.1, 0.15) is 26.3 Å². The largest absolute Gasteiger partial charge is 0.439 e. The van der Waals surface area contributed by atoms with E-state index in [-0.39, 0.29) is 5.41 Å². The van der Waals surface area contributed by atoms with Gasteiger partial charge in [-0.15, -0.1) is 0 Å². The Kier molecular flexibility index (Phi) is 2.42. The number of benzene rings is 1. The quantitative estimate of drug-likeness (QED) is 0.799. The standard InChI is InChI=1S/C12H14N2O2/c1-12(2,3)9-6-4-8(5-7-9)10-13-11(15)16-14-10/h4-7H,1-3H3,(H,13,14,15). The van der Waals surface area contributed by atoms with Crippen LogP contribution in [0.15, 0.2) is 33.6 Å². The average Bonchev–Trinajstić information content (AvgIpc) is 2.64. The molecule has 1 aromatic heterocycles. The molecule has 0 fully saturated rings. The number of hydrogen-bond donors (Lipinski definition) is 1. The van der Waals surface area contributed by atoms with Gasteiger partial charge >= 0.3 is 5.76 Å². The topological polar surface area (TPSA) is 58.9 Å². The van der Waals surface area contributed by atoms with Crippen LogP contribution in [-0.2, 0) is 5.41 Å². The molecule has 1 aromatic carbocycles. The Hall–Kier alpha value is -1.84. The zero-order chi connectivity index (χ0) is 11.8. The summed E-state index contributed by atoms with van der Waals surface area (Å²) in [5.74, 6) is -0.0691. The molecule has 0 saturated carbocycles. The summed E-state index contributed by atoms with van der Waals surface area (Å²) in [6.07, 6.45) is 0. The molecule has 2 rings (SSSR count). The summed E-state index contributed by atoms with van der Waals surface area (Å²) in [7, 11) is 0. The van der Waals surface area contributed by atoms with E-state index >= 15 is 0 Å². The Morgan fingerprint density at radius 2 is 1.81 bits per heavy atom. The van der Waals surface area contributed by atoms with Crippen molar-refractivity contribution in [1.29, 1.82) is 0 Å². The van der Waals surface area contributed by atoms with Crippen LogP contribution in [0.25, 0.3) is 11.4 Å². The van der Waals surface area contributed by atoms with E-state index in [4.69, 9.17) is 0 Å². The second-order valence-electron chi connectivity index (χ2n) is 4.77. The Morgan fingerprint density at radius 3 is 2.25 bits per heavy atom. The smallest absolute Gasteiger partial charge is 0.296 e. The minimum absolute atomic E-state index is 0.121. The average molecular weight is 218 g/mol. The molecule has 0 saturated heterocycles. The molecule has 4 nitrogen and oxygen atoms in total. The van der Waals surface area contributed by atoms with Gasteiger partial charge in [0.15, 0.2) is 5.82 Å². The van der Waals surface area contributed by atoms with Crippen molar-refractivity contribution >= 4 is 0 Å². The lowest BCUT2D eigenvalue weighted by molar-refractivity contribution is 0.388. The van der Waals surface area contributed by atoms with Crippen molar-refractivity contribution < 1.29 is 4.52 Å². The van der Waals surface area contributed by atoms with E-state index in [0.29, 0.717) is 5.82 Å². The summed E-state index contributed by atoms with van der Waals surface area (Å²) in [5.41, 5.74) is 2.21. The predicted octanol–water partition coefficient (Wildman–Crippen LogP) is 2.33. The van der Waals surface area contributed by atoms with Crippen LogP contribution in [0.4, 0.5) is 0 Å². The second kappa shape index (κ2) is 3.63. The summed E-state index contributed by atoms with van der Waals surface area (Å²) in [5, 5.41) is 3.63. The number of H-pyrrole nitrogens is 1. The number of aromatic amines is 1. The van der Waals surface area contributed by atoms with Crippen LogP contribution < -0.4 is 5.76 Å². The highest BCUT2D eigenvalue weighted by Gasteiger charge is 2.13. The van der Waals surface area contributed by atoms with Gasteiger partial charge in [0.05, 0.1) is 0 Å². The summed E-state index contributed by atoms with van der Waals surface area (Å²) < 4.78 is 4.46. The molecule has 16 heavy (non-hydrogen) atoms. The summed E-state index contributed by atoms with van der Waals surface area (Å²) in [6.45, 7) is 6.46. The lowest BCUT2D eigenvalue weighted by Crippen LogP contribution is -2.10. The van der Waals surface area contributed by atoms with Crippen molar-refractivity contribution in [1.82, 2.24) is 10.1 Å². The van der Waals surface area contributed by atoms with Crippen LogP contribution in [0.2, 0.25) is 0 Å². The molecule has 1 heterocycles. The fourth-order valence-electron chi connectivity index (χ4n) is 1.48. The summed E-state index contributed by atoms with van der Waals surface area (Å²) in [6, 6.07) is 7.91. The zero-order valence-corrected chi connectivity index (χ0v) is 9.57. The molecule has 4 heteroatoms. The molecular weight excluding hydrogens is 204 g/mol. The second-order valence-corrected chi connectivity index (χ2v) is 4.77. The molecule has 0 radical (unpaired) electrons. The van der Waals surface area contributed by atoms with Gasteiger partial charge < -0.3 is 0 Å². The van der Waals surface area contributed by atoms with Crippen molar-refractivity contribution in [2.24, 2.45) is 0 Å². The fourth-order valence-corrected chi connectivity index (χ4v) is 1.48. The monoisotopic (exact) mass is 218 g/mol. The van der Waals surface area contributed by atoms with E-state index in [0.717, 1.165) is 5.56 Å². The van der Waals surface area contributed by atoms with E-state index in [2.05, 4.69) is 35.4 Å². The van der Waals surface area contributed by atoms with E-state index in [1.165, 1.54) is 5.56 Å². The highest BCUT2D eigenvalue weighted by molar-refractivity contribution is 5.54. The SMILES string of the molecule is CC(C)(C)c1ccc(-c2noc(=O)[nH]2)cc1. The molecule has 0 bridgehead atoms. The third kappa shape index (κ3) is 2.05. The van der Waals surface area contributed by atoms with Crippen LogP contribution >= 0.6 is 0 Å². The van der Waals surface area contributed by atoms with Gasteiger partial charge in [-0.2, -0.15) is 0 Å². The number of aromatic nitrogens is 2. The van der Waals surface area contributed by atoms with Crippen molar-refractivity contribution in [3.8, 4) is 11.4 Å². The van der Waals surface area contributed by atoms with Crippen LogP contribution in [-0.4, -0.2) is 10.1 Å². The van der Waals surface area contributed by atoms with E-state index in [9.17, 15) is 4.79 Å². The van der Waals surface area contributed by atoms with Gasteiger partial charge in [0.2, 0.25) is 0 Å². The van der Waals surface area contributed by atoms with E-state index in [1.807, 2.05) is 24.3 Å². The molecule has 2 aromatic rings. The van der Waals surface area contributed by atoms with Gasteiger partial charge in [-0.05, 0) is 11.0 Å². The third-order valence-corrected chi connectivity index (χ3v) is 2.46. The lowest BCUT2D eigenvalue weighted by atomic mass is 9.87. The van der Waals surface area contributed by atoms with Gasteiger partial charge in [-0.3, -0.25) is 9.51 Å². The first-order chi connectivity index (χ1) is 7.47. The Balaban J connectivity index is 2.36. The van der Waals surface area contributed by atoms with Crippen molar-refractivity contribution in [2.75, 3.05) is 0 Å². The molecule has 0 atom stereocenters. The minimum Gasteiger partial charge on any atom is -0.296 e. The molecule has 0 spiro atoms. The maximum absolute atomic E-state index is 10.8. The summed E-state index contributed by atoms with van der Waals surface area (Å²) in [4.78, 5) is 13.3. The maximum atomic E-state index is 10.8. The maximum Gasteiger partial charge on any atom is 0.439 e. The number of hydrogen-bond acceptors (Lipinski definition) is 3. The normalized spacial score (nSPS) is 11.7. The molecule has 0 unspecified atom stereocenters. The molecular formula is C12H14N2O2. The molecule has 0 amide bonds. The molecule has 0 aliphatic rings. The van der Waals surface area contributed by atoms with Crippen LogP contribution in [0.5, 0.6) is 0 Å². The predicted molar refractivity (Wildman–Crippen MR) is 61.3 cm³/mol. The number of nitrogens with one attached hydrogen (secondary N) is 1. The highest BCUT2D eigenvalue weighted by atomic mass is 16.5. The number of nitrogens with zero attached hydrogens (tertiary/aromatic N) is 1. The lowest BCUT2D eigenvalue weighted by Gasteiger charge is -2.18. The fraction of sp³-hybridized carbons (Fsp3) is 0.333. The van der Waals surface area contributed by atoms with Crippen LogP contribution in [0, 0.1) is 0 Å². The highest BCUT2D eigenvalue weighted by Crippen LogP contribution is 2.24. The van der Waals surface area contributed by atoms with Crippen molar-refractivity contribution in [3.05, 3.63) is 40.4 Å². The third-order valence-electron chi connectivity index (χ3n) is 2.46. The summed E-state index contributed by atoms with van der Waals surface area (Å²) >= 11 is 0. The Morgan fingerprint density at radius 1 is 1.19 bits per heavy atom. The van der Waals surface area contributed by atoms with E-state index < -0.39 is 5.76 Å². The van der Waals surface area contributed by atoms with Gasteiger partial charge in [0.1, 0.15) is 0 Å². The minimum atomic E-state index is -0.533. The Labute approximate surface area is 93.3 Å². The van der Waals surface area contributed by atoms with Gasteiger partial charge in [0, 0.05) is 5.56 Å². The van der Waals surface area contributed by atoms with Crippen molar-refractivity contribution in [3.63, 3.8) is 0 Å². The van der Waals surface area contributed by atoms with E-state index in [1.54, 1.807) is 0 Å². The first-order valence-corrected chi connectivity index (χ1v) is 5.14. The van der Waals surface area contributed by atoms with Gasteiger partial charge in [-0.25, -0.2) is 4.79 Å². The molecule has 0 aliphatic carbocycles. The molecule has 84 valence electrons. The van der Waals surface area contributed by atoms with Crippen molar-refractivity contribution in [2.45, 2.75) is 26.2 Å². The Bertz CT molecular complexity index is 529. The first kappa shape index (κ1) is 10.7. The van der Waals surface area contributed by atoms with Gasteiger partial charge in [-0.1, -0.05) is 50.2 Å².